The molecule has 7 nitrogen and oxygen atoms in total. The minimum atomic E-state index is -4.84. The number of nitrogens with one attached hydrogen (secondary N) is 1. The maximum atomic E-state index is 13.8. The molecule has 176 valence electrons. The molecule has 1 amide bonds. The summed E-state index contributed by atoms with van der Waals surface area (Å²) in [4.78, 5) is 16.7. The van der Waals surface area contributed by atoms with Crippen molar-refractivity contribution in [2.45, 2.75) is 6.18 Å². The van der Waals surface area contributed by atoms with Gasteiger partial charge in [-0.2, -0.15) is 18.3 Å². The molecule has 2 aromatic carbocycles. The minimum Gasteiger partial charge on any atom is -0.493 e. The number of nitrogens with zero attached hydrogens (tertiary/aromatic N) is 3. The van der Waals surface area contributed by atoms with E-state index in [1.807, 2.05) is 0 Å². The SMILES string of the molecule is COc1ccc(-c2cc(C(F)(F)F)n3nc(C(=O)Nc4ccc(F)cc4F)cc3n2)cc1OC. The fourth-order valence-corrected chi connectivity index (χ4v) is 3.21. The third-order valence-electron chi connectivity index (χ3n) is 4.81. The first-order valence-electron chi connectivity index (χ1n) is 9.57. The number of hydrogen-bond donors (Lipinski definition) is 1. The molecule has 0 aliphatic rings. The zero-order valence-electron chi connectivity index (χ0n) is 17.6. The molecule has 34 heavy (non-hydrogen) atoms. The lowest BCUT2D eigenvalue weighted by molar-refractivity contribution is -0.142. The van der Waals surface area contributed by atoms with Crippen LogP contribution in [0.25, 0.3) is 16.9 Å². The Morgan fingerprint density at radius 3 is 2.35 bits per heavy atom. The Labute approximate surface area is 188 Å². The zero-order valence-corrected chi connectivity index (χ0v) is 17.6. The molecule has 0 saturated heterocycles. The standard InChI is InChI=1S/C22H15F5N4O3/c1-33-17-6-3-11(7-18(17)34-2)15-9-19(22(25,26)27)31-20(28-15)10-16(30-31)21(32)29-14-5-4-12(23)8-13(14)24/h3-10H,1-2H3,(H,29,32). The van der Waals surface area contributed by atoms with Crippen LogP contribution in [0.5, 0.6) is 11.5 Å². The number of anilines is 1. The van der Waals surface area contributed by atoms with Gasteiger partial charge in [0.25, 0.3) is 5.91 Å². The van der Waals surface area contributed by atoms with Gasteiger partial charge in [0.2, 0.25) is 0 Å². The fraction of sp³-hybridized carbons (Fsp3) is 0.136. The summed E-state index contributed by atoms with van der Waals surface area (Å²) < 4.78 is 79.1. The van der Waals surface area contributed by atoms with Crippen LogP contribution in [0.2, 0.25) is 0 Å². The topological polar surface area (TPSA) is 77.8 Å². The van der Waals surface area contributed by atoms with Crippen molar-refractivity contribution in [3.8, 4) is 22.8 Å². The molecule has 0 aliphatic heterocycles. The van der Waals surface area contributed by atoms with Crippen LogP contribution in [0.15, 0.2) is 48.5 Å². The molecular weight excluding hydrogens is 463 g/mol. The maximum absolute atomic E-state index is 13.8. The minimum absolute atomic E-state index is 0.0581. The first kappa shape index (κ1) is 23.0. The smallest absolute Gasteiger partial charge is 0.433 e. The molecule has 0 atom stereocenters. The number of rotatable bonds is 5. The summed E-state index contributed by atoms with van der Waals surface area (Å²) in [5, 5.41) is 5.85. The van der Waals surface area contributed by atoms with Crippen molar-refractivity contribution in [3.05, 3.63) is 71.6 Å². The Morgan fingerprint density at radius 2 is 1.71 bits per heavy atom. The monoisotopic (exact) mass is 478 g/mol. The number of carbonyl (C=O) groups is 1. The average Bonchev–Trinajstić information content (AvgIpc) is 3.23. The van der Waals surface area contributed by atoms with Gasteiger partial charge < -0.3 is 14.8 Å². The van der Waals surface area contributed by atoms with Crippen LogP contribution >= 0.6 is 0 Å². The lowest BCUT2D eigenvalue weighted by Gasteiger charge is -2.12. The van der Waals surface area contributed by atoms with Crippen molar-refractivity contribution in [1.29, 1.82) is 0 Å². The zero-order chi connectivity index (χ0) is 24.6. The Hall–Kier alpha value is -4.22. The van der Waals surface area contributed by atoms with Crippen molar-refractivity contribution < 1.29 is 36.2 Å². The summed E-state index contributed by atoms with van der Waals surface area (Å²) >= 11 is 0. The van der Waals surface area contributed by atoms with E-state index in [2.05, 4.69) is 15.4 Å². The average molecular weight is 478 g/mol. The molecule has 2 aromatic heterocycles. The third-order valence-corrected chi connectivity index (χ3v) is 4.81. The lowest BCUT2D eigenvalue weighted by atomic mass is 10.1. The van der Waals surface area contributed by atoms with Crippen molar-refractivity contribution in [2.24, 2.45) is 0 Å². The molecule has 2 heterocycles. The molecule has 0 unspecified atom stereocenters. The first-order valence-corrected chi connectivity index (χ1v) is 9.57. The molecule has 0 radical (unpaired) electrons. The van der Waals surface area contributed by atoms with Crippen LogP contribution in [-0.2, 0) is 6.18 Å². The maximum Gasteiger partial charge on any atom is 0.433 e. The van der Waals surface area contributed by atoms with Crippen LogP contribution in [-0.4, -0.2) is 34.7 Å². The van der Waals surface area contributed by atoms with Crippen molar-refractivity contribution in [3.63, 3.8) is 0 Å². The van der Waals surface area contributed by atoms with Crippen molar-refractivity contribution >= 4 is 17.2 Å². The largest absolute Gasteiger partial charge is 0.493 e. The number of methoxy groups -OCH3 is 2. The Morgan fingerprint density at radius 1 is 0.971 bits per heavy atom. The van der Waals surface area contributed by atoms with Crippen molar-refractivity contribution in [1.82, 2.24) is 14.6 Å². The molecular formula is C22H15F5N4O3. The Kier molecular flexibility index (Phi) is 5.82. The Balaban J connectivity index is 1.79. The van der Waals surface area contributed by atoms with Crippen LogP contribution in [0.3, 0.4) is 0 Å². The van der Waals surface area contributed by atoms with Crippen molar-refractivity contribution in [2.75, 3.05) is 19.5 Å². The van der Waals surface area contributed by atoms with E-state index in [0.29, 0.717) is 21.9 Å². The molecule has 0 saturated carbocycles. The second-order valence-corrected chi connectivity index (χ2v) is 6.97. The highest BCUT2D eigenvalue weighted by Gasteiger charge is 2.36. The van der Waals surface area contributed by atoms with Gasteiger partial charge in [-0.25, -0.2) is 18.3 Å². The second kappa shape index (κ2) is 8.61. The highest BCUT2D eigenvalue weighted by atomic mass is 19.4. The van der Waals surface area contributed by atoms with Crippen LogP contribution in [0, 0.1) is 11.6 Å². The van der Waals surface area contributed by atoms with E-state index in [4.69, 9.17) is 9.47 Å². The predicted octanol–water partition coefficient (Wildman–Crippen LogP) is 4.96. The van der Waals surface area contributed by atoms with Gasteiger partial charge in [0.1, 0.15) is 11.6 Å². The second-order valence-electron chi connectivity index (χ2n) is 6.97. The van der Waals surface area contributed by atoms with E-state index in [1.165, 1.54) is 32.4 Å². The Bertz CT molecular complexity index is 1400. The van der Waals surface area contributed by atoms with Gasteiger partial charge in [0.05, 0.1) is 25.6 Å². The number of ether oxygens (including phenoxy) is 2. The number of benzene rings is 2. The number of hydrogen-bond acceptors (Lipinski definition) is 5. The van der Waals surface area contributed by atoms with Gasteiger partial charge in [-0.05, 0) is 36.4 Å². The van der Waals surface area contributed by atoms with E-state index in [9.17, 15) is 26.7 Å². The quantitative estimate of drug-likeness (QED) is 0.410. The highest BCUT2D eigenvalue weighted by molar-refractivity contribution is 6.03. The molecule has 12 heteroatoms. The molecule has 0 bridgehead atoms. The summed E-state index contributed by atoms with van der Waals surface area (Å²) in [6, 6.07) is 8.73. The first-order chi connectivity index (χ1) is 16.1. The fourth-order valence-electron chi connectivity index (χ4n) is 3.21. The summed E-state index contributed by atoms with van der Waals surface area (Å²) in [6.45, 7) is 0. The summed E-state index contributed by atoms with van der Waals surface area (Å²) in [5.41, 5.74) is -2.04. The molecule has 0 fully saturated rings. The van der Waals surface area contributed by atoms with E-state index in [1.54, 1.807) is 0 Å². The summed E-state index contributed by atoms with van der Waals surface area (Å²) in [5.74, 6) is -2.26. The number of amides is 1. The van der Waals surface area contributed by atoms with Crippen LogP contribution in [0.4, 0.5) is 27.6 Å². The number of halogens is 5. The normalized spacial score (nSPS) is 11.5. The molecule has 0 spiro atoms. The van der Waals surface area contributed by atoms with Gasteiger partial charge in [0.15, 0.2) is 28.5 Å². The molecule has 4 rings (SSSR count). The molecule has 1 N–H and O–H groups in total. The lowest BCUT2D eigenvalue weighted by Crippen LogP contribution is -2.16. The summed E-state index contributed by atoms with van der Waals surface area (Å²) in [6.07, 6.45) is -4.84. The molecule has 0 aliphatic carbocycles. The van der Waals surface area contributed by atoms with E-state index in [0.717, 1.165) is 24.3 Å². The van der Waals surface area contributed by atoms with Gasteiger partial charge >= 0.3 is 6.18 Å². The van der Waals surface area contributed by atoms with E-state index < -0.39 is 35.1 Å². The summed E-state index contributed by atoms with van der Waals surface area (Å²) in [7, 11) is 2.80. The third kappa shape index (κ3) is 4.34. The van der Waals surface area contributed by atoms with E-state index in [-0.39, 0.29) is 22.8 Å². The van der Waals surface area contributed by atoms with Crippen LogP contribution in [0.1, 0.15) is 16.2 Å². The highest BCUT2D eigenvalue weighted by Crippen LogP contribution is 2.35. The van der Waals surface area contributed by atoms with Gasteiger partial charge in [-0.1, -0.05) is 0 Å². The van der Waals surface area contributed by atoms with E-state index >= 15 is 0 Å². The van der Waals surface area contributed by atoms with Crippen LogP contribution < -0.4 is 14.8 Å². The van der Waals surface area contributed by atoms with Gasteiger partial charge in [-0.3, -0.25) is 4.79 Å². The predicted molar refractivity (Wildman–Crippen MR) is 111 cm³/mol. The molecule has 4 aromatic rings. The van der Waals surface area contributed by atoms with Gasteiger partial charge in [-0.15, -0.1) is 0 Å². The number of alkyl halides is 3. The number of fused-ring (bicyclic) bond motifs is 1. The number of carbonyl (C=O) groups excluding carboxylic acids is 1. The van der Waals surface area contributed by atoms with Gasteiger partial charge in [0, 0.05) is 17.7 Å². The number of aromatic nitrogens is 3.